The third-order valence-electron chi connectivity index (χ3n) is 3.76. The van der Waals surface area contributed by atoms with E-state index in [-0.39, 0.29) is 28.7 Å². The van der Waals surface area contributed by atoms with E-state index in [1.165, 1.54) is 18.2 Å². The summed E-state index contributed by atoms with van der Waals surface area (Å²) >= 11 is 5.91. The summed E-state index contributed by atoms with van der Waals surface area (Å²) in [6, 6.07) is 19.3. The van der Waals surface area contributed by atoms with Gasteiger partial charge in [0.2, 0.25) is 0 Å². The second-order valence-corrected chi connectivity index (χ2v) is 6.10. The number of nitrogens with one attached hydrogen (secondary N) is 1. The molecule has 4 nitrogen and oxygen atoms in total. The van der Waals surface area contributed by atoms with E-state index in [2.05, 4.69) is 5.32 Å². The van der Waals surface area contributed by atoms with Gasteiger partial charge in [-0.1, -0.05) is 35.9 Å². The van der Waals surface area contributed by atoms with E-state index < -0.39 is 11.8 Å². The molecule has 3 aromatic carbocycles. The number of halogens is 2. The molecule has 0 atom stereocenters. The lowest BCUT2D eigenvalue weighted by Crippen LogP contribution is -2.13. The van der Waals surface area contributed by atoms with E-state index in [1.54, 1.807) is 48.5 Å². The molecule has 27 heavy (non-hydrogen) atoms. The highest BCUT2D eigenvalue weighted by Gasteiger charge is 2.14. The average molecular weight is 384 g/mol. The summed E-state index contributed by atoms with van der Waals surface area (Å²) < 4.78 is 18.9. The number of anilines is 1. The number of amides is 1. The molecule has 136 valence electrons. The van der Waals surface area contributed by atoms with Crippen LogP contribution < -0.4 is 10.1 Å². The van der Waals surface area contributed by atoms with Gasteiger partial charge >= 0.3 is 5.97 Å². The van der Waals surface area contributed by atoms with Crippen LogP contribution >= 0.6 is 11.6 Å². The number of hydrogen-bond acceptors (Lipinski definition) is 3. The van der Waals surface area contributed by atoms with E-state index in [1.807, 2.05) is 6.07 Å². The van der Waals surface area contributed by atoms with Gasteiger partial charge in [-0.3, -0.25) is 9.59 Å². The van der Waals surface area contributed by atoms with Gasteiger partial charge in [0.05, 0.1) is 6.42 Å². The molecule has 0 aliphatic rings. The summed E-state index contributed by atoms with van der Waals surface area (Å²) in [7, 11) is 0. The standard InChI is InChI=1S/C21H15ClFNO3/c22-18-7-4-8-19(23)17(18)13-20(25)27-16-11-9-15(10-12-16)24-21(26)14-5-2-1-3-6-14/h1-12H,13H2,(H,24,26). The van der Waals surface area contributed by atoms with Crippen LogP contribution in [0, 0.1) is 5.82 Å². The first-order valence-electron chi connectivity index (χ1n) is 8.13. The topological polar surface area (TPSA) is 55.4 Å². The van der Waals surface area contributed by atoms with E-state index in [0.29, 0.717) is 11.3 Å². The number of rotatable bonds is 5. The van der Waals surface area contributed by atoms with Gasteiger partial charge in [0.1, 0.15) is 11.6 Å². The number of carbonyl (C=O) groups excluding carboxylic acids is 2. The average Bonchev–Trinajstić information content (AvgIpc) is 2.67. The zero-order chi connectivity index (χ0) is 19.2. The minimum atomic E-state index is -0.636. The first kappa shape index (κ1) is 18.6. The van der Waals surface area contributed by atoms with Crippen molar-refractivity contribution in [1.29, 1.82) is 0 Å². The highest BCUT2D eigenvalue weighted by atomic mass is 35.5. The Kier molecular flexibility index (Phi) is 5.84. The molecule has 0 aromatic heterocycles. The molecule has 0 heterocycles. The zero-order valence-corrected chi connectivity index (χ0v) is 14.9. The van der Waals surface area contributed by atoms with Crippen LogP contribution in [0.4, 0.5) is 10.1 Å². The van der Waals surface area contributed by atoms with Gasteiger partial charge in [-0.15, -0.1) is 0 Å². The van der Waals surface area contributed by atoms with Crippen LogP contribution in [0.2, 0.25) is 5.02 Å². The first-order chi connectivity index (χ1) is 13.0. The van der Waals surface area contributed by atoms with Gasteiger partial charge in [-0.2, -0.15) is 0 Å². The fourth-order valence-corrected chi connectivity index (χ4v) is 2.64. The van der Waals surface area contributed by atoms with Crippen LogP contribution in [-0.2, 0) is 11.2 Å². The summed E-state index contributed by atoms with van der Waals surface area (Å²) in [5, 5.41) is 2.92. The molecule has 0 saturated carbocycles. The Morgan fingerprint density at radius 2 is 1.63 bits per heavy atom. The molecule has 3 rings (SSSR count). The lowest BCUT2D eigenvalue weighted by molar-refractivity contribution is -0.133. The van der Waals surface area contributed by atoms with Crippen molar-refractivity contribution in [3.63, 3.8) is 0 Å². The quantitative estimate of drug-likeness (QED) is 0.504. The molecule has 1 amide bonds. The van der Waals surface area contributed by atoms with Gasteiger partial charge in [0.25, 0.3) is 5.91 Å². The van der Waals surface area contributed by atoms with E-state index in [9.17, 15) is 14.0 Å². The first-order valence-corrected chi connectivity index (χ1v) is 8.51. The van der Waals surface area contributed by atoms with E-state index >= 15 is 0 Å². The monoisotopic (exact) mass is 383 g/mol. The summed E-state index contributed by atoms with van der Waals surface area (Å²) in [5.41, 5.74) is 1.19. The lowest BCUT2D eigenvalue weighted by atomic mass is 10.1. The summed E-state index contributed by atoms with van der Waals surface area (Å²) in [6.07, 6.45) is -0.280. The third kappa shape index (κ3) is 4.92. The molecule has 0 spiro atoms. The second-order valence-electron chi connectivity index (χ2n) is 5.70. The van der Waals surface area contributed by atoms with Crippen LogP contribution in [-0.4, -0.2) is 11.9 Å². The van der Waals surface area contributed by atoms with Gasteiger partial charge in [0, 0.05) is 21.8 Å². The minimum Gasteiger partial charge on any atom is -0.426 e. The van der Waals surface area contributed by atoms with Crippen molar-refractivity contribution in [1.82, 2.24) is 0 Å². The van der Waals surface area contributed by atoms with Crippen molar-refractivity contribution < 1.29 is 18.7 Å². The Balaban J connectivity index is 1.60. The fourth-order valence-electron chi connectivity index (χ4n) is 2.41. The van der Waals surface area contributed by atoms with Crippen LogP contribution in [0.25, 0.3) is 0 Å². The van der Waals surface area contributed by atoms with Crippen LogP contribution in [0.1, 0.15) is 15.9 Å². The molecule has 0 fully saturated rings. The number of hydrogen-bond donors (Lipinski definition) is 1. The van der Waals surface area contributed by atoms with Gasteiger partial charge in [-0.25, -0.2) is 4.39 Å². The zero-order valence-electron chi connectivity index (χ0n) is 14.1. The van der Waals surface area contributed by atoms with Crippen molar-refractivity contribution in [2.75, 3.05) is 5.32 Å². The number of benzene rings is 3. The molecule has 0 aliphatic carbocycles. The smallest absolute Gasteiger partial charge is 0.315 e. The van der Waals surface area contributed by atoms with Crippen molar-refractivity contribution >= 4 is 29.2 Å². The Bertz CT molecular complexity index is 939. The maximum Gasteiger partial charge on any atom is 0.315 e. The number of ether oxygens (including phenoxy) is 1. The Morgan fingerprint density at radius 3 is 2.30 bits per heavy atom. The van der Waals surface area contributed by atoms with Crippen molar-refractivity contribution in [2.45, 2.75) is 6.42 Å². The normalized spacial score (nSPS) is 10.3. The van der Waals surface area contributed by atoms with Gasteiger partial charge < -0.3 is 10.1 Å². The maximum atomic E-state index is 13.7. The lowest BCUT2D eigenvalue weighted by Gasteiger charge is -2.08. The number of carbonyl (C=O) groups is 2. The highest BCUT2D eigenvalue weighted by molar-refractivity contribution is 6.31. The van der Waals surface area contributed by atoms with Crippen LogP contribution in [0.15, 0.2) is 72.8 Å². The molecular weight excluding hydrogens is 369 g/mol. The second kappa shape index (κ2) is 8.47. The molecule has 0 saturated heterocycles. The maximum absolute atomic E-state index is 13.7. The Hall–Kier alpha value is -3.18. The summed E-state index contributed by atoms with van der Waals surface area (Å²) in [5.74, 6) is -1.15. The summed E-state index contributed by atoms with van der Waals surface area (Å²) in [6.45, 7) is 0. The van der Waals surface area contributed by atoms with E-state index in [4.69, 9.17) is 16.3 Å². The third-order valence-corrected chi connectivity index (χ3v) is 4.12. The molecule has 6 heteroatoms. The molecule has 0 bridgehead atoms. The van der Waals surface area contributed by atoms with Crippen molar-refractivity contribution in [2.24, 2.45) is 0 Å². The van der Waals surface area contributed by atoms with Crippen LogP contribution in [0.3, 0.4) is 0 Å². The molecule has 3 aromatic rings. The SMILES string of the molecule is O=C(Cc1c(F)cccc1Cl)Oc1ccc(NC(=O)c2ccccc2)cc1. The predicted octanol–water partition coefficient (Wildman–Crippen LogP) is 4.88. The Morgan fingerprint density at radius 1 is 0.926 bits per heavy atom. The molecule has 1 N–H and O–H groups in total. The Labute approximate surface area is 160 Å². The van der Waals surface area contributed by atoms with Crippen molar-refractivity contribution in [3.05, 3.63) is 94.8 Å². The fraction of sp³-hybridized carbons (Fsp3) is 0.0476. The molecule has 0 aliphatic heterocycles. The van der Waals surface area contributed by atoms with Gasteiger partial charge in [0.15, 0.2) is 0 Å². The van der Waals surface area contributed by atoms with Crippen LogP contribution in [0.5, 0.6) is 5.75 Å². The largest absolute Gasteiger partial charge is 0.426 e. The number of esters is 1. The highest BCUT2D eigenvalue weighted by Crippen LogP contribution is 2.21. The molecule has 0 radical (unpaired) electrons. The van der Waals surface area contributed by atoms with Gasteiger partial charge in [-0.05, 0) is 48.5 Å². The summed E-state index contributed by atoms with van der Waals surface area (Å²) in [4.78, 5) is 24.1. The van der Waals surface area contributed by atoms with Crippen molar-refractivity contribution in [3.8, 4) is 5.75 Å². The predicted molar refractivity (Wildman–Crippen MR) is 102 cm³/mol. The minimum absolute atomic E-state index is 0.0934. The van der Waals surface area contributed by atoms with E-state index in [0.717, 1.165) is 0 Å². The molecular formula is C21H15ClFNO3. The molecule has 0 unspecified atom stereocenters.